The number of carbonyl (C=O) groups is 2. The van der Waals surface area contributed by atoms with Crippen molar-refractivity contribution in [3.05, 3.63) is 0 Å². The van der Waals surface area contributed by atoms with Crippen LogP contribution in [-0.4, -0.2) is 211 Å². The summed E-state index contributed by atoms with van der Waals surface area (Å²) in [4.78, 5) is 24.3. The molecule has 2 amide bonds. The average Bonchev–Trinajstić information content (AvgIpc) is 3.06. The molecule has 0 bridgehead atoms. The van der Waals surface area contributed by atoms with E-state index in [1.807, 2.05) is 0 Å². The van der Waals surface area contributed by atoms with Crippen molar-refractivity contribution in [3.8, 4) is 0 Å². The van der Waals surface area contributed by atoms with Crippen LogP contribution in [0.2, 0.25) is 0 Å². The Balaban J connectivity index is 1.56. The summed E-state index contributed by atoms with van der Waals surface area (Å²) in [7, 11) is 0. The van der Waals surface area contributed by atoms with Gasteiger partial charge in [-0.3, -0.25) is 9.59 Å². The molecule has 0 aromatic heterocycles. The van der Waals surface area contributed by atoms with Gasteiger partial charge in [-0.2, -0.15) is 0 Å². The summed E-state index contributed by atoms with van der Waals surface area (Å²) in [6.45, 7) is 1.17. The minimum Gasteiger partial charge on any atom is -0.394 e. The molecular weight excluding hydrogens is 684 g/mol. The molecule has 50 heavy (non-hydrogen) atoms. The van der Waals surface area contributed by atoms with E-state index < -0.39 is 154 Å². The summed E-state index contributed by atoms with van der Waals surface area (Å²) in [6, 6.07) is -2.90. The van der Waals surface area contributed by atoms with Crippen molar-refractivity contribution < 1.29 is 98.9 Å². The zero-order valence-electron chi connectivity index (χ0n) is 27.3. The fraction of sp³-hybridized carbons (Fsp3) is 0.929. The number of carbonyl (C=O) groups excluding carboxylic acids is 2. The molecule has 0 saturated carbocycles. The van der Waals surface area contributed by atoms with Gasteiger partial charge in [-0.05, 0) is 6.92 Å². The van der Waals surface area contributed by atoms with Gasteiger partial charge in [-0.15, -0.1) is 0 Å². The third-order valence-electron chi connectivity index (χ3n) is 8.97. The molecule has 4 aliphatic rings. The van der Waals surface area contributed by atoms with E-state index in [9.17, 15) is 65.8 Å². The Kier molecular flexibility index (Phi) is 14.2. The van der Waals surface area contributed by atoms with E-state index in [1.54, 1.807) is 0 Å². The lowest BCUT2D eigenvalue weighted by molar-refractivity contribution is -0.375. The van der Waals surface area contributed by atoms with E-state index in [2.05, 4.69) is 10.6 Å². The Morgan fingerprint density at radius 2 is 0.980 bits per heavy atom. The first-order chi connectivity index (χ1) is 23.5. The van der Waals surface area contributed by atoms with Crippen LogP contribution in [0.3, 0.4) is 0 Å². The van der Waals surface area contributed by atoms with E-state index in [0.29, 0.717) is 0 Å². The third-order valence-corrected chi connectivity index (χ3v) is 8.97. The van der Waals surface area contributed by atoms with Gasteiger partial charge in [-0.1, -0.05) is 0 Å². The van der Waals surface area contributed by atoms with E-state index in [-0.39, 0.29) is 0 Å². The number of ether oxygens (including phenoxy) is 7. The topological polar surface area (TPSA) is 345 Å². The minimum atomic E-state index is -2.02. The van der Waals surface area contributed by atoms with E-state index in [0.717, 1.165) is 13.8 Å². The second-order valence-electron chi connectivity index (χ2n) is 12.6. The summed E-state index contributed by atoms with van der Waals surface area (Å²) in [5.41, 5.74) is 0. The van der Waals surface area contributed by atoms with Crippen molar-refractivity contribution in [1.82, 2.24) is 10.6 Å². The second-order valence-corrected chi connectivity index (χ2v) is 12.6. The largest absolute Gasteiger partial charge is 0.394 e. The molecule has 4 rings (SSSR count). The lowest BCUT2D eigenvalue weighted by atomic mass is 9.94. The summed E-state index contributed by atoms with van der Waals surface area (Å²) < 4.78 is 39.4. The van der Waals surface area contributed by atoms with Gasteiger partial charge in [0, 0.05) is 13.8 Å². The van der Waals surface area contributed by atoms with Crippen molar-refractivity contribution in [1.29, 1.82) is 0 Å². The fourth-order valence-electron chi connectivity index (χ4n) is 6.29. The van der Waals surface area contributed by atoms with Crippen molar-refractivity contribution in [2.75, 3.05) is 19.8 Å². The predicted octanol–water partition coefficient (Wildman–Crippen LogP) is -8.43. The Labute approximate surface area is 285 Å². The van der Waals surface area contributed by atoms with Gasteiger partial charge in [0.25, 0.3) is 0 Å². The summed E-state index contributed by atoms with van der Waals surface area (Å²) in [5.74, 6) is -1.35. The number of amides is 2. The van der Waals surface area contributed by atoms with E-state index in [4.69, 9.17) is 33.2 Å². The Morgan fingerprint density at radius 3 is 1.54 bits per heavy atom. The molecule has 22 heteroatoms. The van der Waals surface area contributed by atoms with Gasteiger partial charge < -0.3 is 100.0 Å². The Morgan fingerprint density at radius 1 is 0.520 bits per heavy atom. The smallest absolute Gasteiger partial charge is 0.217 e. The first-order valence-corrected chi connectivity index (χ1v) is 15.9. The normalized spacial score (nSPS) is 48.5. The molecular formula is C28H48N2O20. The second kappa shape index (κ2) is 17.4. The molecule has 4 aliphatic heterocycles. The average molecular weight is 733 g/mol. The number of hydrogen-bond acceptors (Lipinski definition) is 20. The lowest BCUT2D eigenvalue weighted by Crippen LogP contribution is -2.70. The monoisotopic (exact) mass is 732 g/mol. The zero-order valence-corrected chi connectivity index (χ0v) is 27.3. The fourth-order valence-corrected chi connectivity index (χ4v) is 6.29. The van der Waals surface area contributed by atoms with Crippen LogP contribution in [-0.2, 0) is 42.7 Å². The van der Waals surface area contributed by atoms with Gasteiger partial charge in [-0.25, -0.2) is 0 Å². The van der Waals surface area contributed by atoms with Crippen LogP contribution in [0.4, 0.5) is 0 Å². The highest BCUT2D eigenvalue weighted by Gasteiger charge is 2.55. The quantitative estimate of drug-likeness (QED) is 0.0938. The van der Waals surface area contributed by atoms with Crippen molar-refractivity contribution in [3.63, 3.8) is 0 Å². The molecule has 0 unspecified atom stereocenters. The number of rotatable bonds is 11. The maximum absolute atomic E-state index is 12.4. The van der Waals surface area contributed by atoms with E-state index >= 15 is 0 Å². The van der Waals surface area contributed by atoms with Crippen LogP contribution in [0.1, 0.15) is 20.8 Å². The highest BCUT2D eigenvalue weighted by molar-refractivity contribution is 5.73. The summed E-state index contributed by atoms with van der Waals surface area (Å²) >= 11 is 0. The predicted molar refractivity (Wildman–Crippen MR) is 156 cm³/mol. The molecule has 290 valence electrons. The highest BCUT2D eigenvalue weighted by Crippen LogP contribution is 2.34. The van der Waals surface area contributed by atoms with Crippen LogP contribution < -0.4 is 10.6 Å². The summed E-state index contributed by atoms with van der Waals surface area (Å²) in [5, 5.41) is 119. The van der Waals surface area contributed by atoms with Gasteiger partial charge in [0.15, 0.2) is 25.2 Å². The molecule has 0 spiro atoms. The van der Waals surface area contributed by atoms with Gasteiger partial charge in [0.1, 0.15) is 91.4 Å². The molecule has 0 aromatic rings. The molecule has 4 fully saturated rings. The highest BCUT2D eigenvalue weighted by atomic mass is 16.8. The van der Waals surface area contributed by atoms with Crippen molar-refractivity contribution in [2.24, 2.45) is 0 Å². The minimum absolute atomic E-state index is 0.650. The summed E-state index contributed by atoms with van der Waals surface area (Å²) in [6.07, 6.45) is -30.0. The van der Waals surface area contributed by atoms with E-state index in [1.165, 1.54) is 6.92 Å². The van der Waals surface area contributed by atoms with Crippen LogP contribution in [0, 0.1) is 0 Å². The van der Waals surface area contributed by atoms with Gasteiger partial charge in [0.2, 0.25) is 11.8 Å². The van der Waals surface area contributed by atoms with Crippen LogP contribution in [0.5, 0.6) is 0 Å². The molecule has 20 atom stereocenters. The molecule has 0 aromatic carbocycles. The first-order valence-electron chi connectivity index (χ1n) is 15.9. The van der Waals surface area contributed by atoms with Crippen LogP contribution >= 0.6 is 0 Å². The molecule has 4 heterocycles. The Bertz CT molecular complexity index is 1120. The SMILES string of the molecule is CC(=O)N[C@@H]1[C@H](O[C@H]2[C@H](O)[C@@H](CO)O[C@H](O)[C@@H]2NC(C)=O)O[C@@H](C)[C@H](O)[C@H]1O[C@H]1O[C@H](CO)[C@@H](O[C@@H]2O[C@H](CO)[C@@H](O)[C@H](O)[C@@H]2O)[C@H](O)[C@H]1O. The van der Waals surface area contributed by atoms with Crippen LogP contribution in [0.25, 0.3) is 0 Å². The van der Waals surface area contributed by atoms with Crippen molar-refractivity contribution >= 4 is 11.8 Å². The maximum Gasteiger partial charge on any atom is 0.217 e. The molecule has 4 saturated heterocycles. The van der Waals surface area contributed by atoms with Gasteiger partial charge >= 0.3 is 0 Å². The number of aliphatic hydroxyl groups excluding tert-OH is 11. The molecule has 13 N–H and O–H groups in total. The standard InChI is InChI=1S/C28H48N2O20/c1-7-15(36)24(14(30-9(3)35)26(44-7)49-23-13(29-8(2)34)25(43)45-11(5-32)17(23)38)50-28-21(42)19(40)22(12(6-33)47-28)48-27-20(41)18(39)16(37)10(4-31)46-27/h7,10-28,31-33,36-43H,4-6H2,1-3H3,(H,29,34)(H,30,35)/t7-,10+,11+,12+,13+,14-,15-,16+,17+,18-,19+,20-,21+,22+,23+,24-,25-,26-,27-,28+/m0/s1. The number of aliphatic hydroxyl groups is 11. The molecule has 0 aliphatic carbocycles. The number of hydrogen-bond donors (Lipinski definition) is 13. The first kappa shape index (κ1) is 41.0. The Hall–Kier alpha value is -1.78. The van der Waals surface area contributed by atoms with Gasteiger partial charge in [0.05, 0.1) is 25.9 Å². The number of nitrogens with one attached hydrogen (secondary N) is 2. The zero-order chi connectivity index (χ0) is 37.2. The van der Waals surface area contributed by atoms with Crippen LogP contribution in [0.15, 0.2) is 0 Å². The molecule has 22 nitrogen and oxygen atoms in total. The lowest BCUT2D eigenvalue weighted by Gasteiger charge is -2.50. The maximum atomic E-state index is 12.4. The van der Waals surface area contributed by atoms with Crippen molar-refractivity contribution in [2.45, 2.75) is 143 Å². The third kappa shape index (κ3) is 8.70. The molecule has 0 radical (unpaired) electrons.